The predicted molar refractivity (Wildman–Crippen MR) is 94.9 cm³/mol. The molecule has 0 unspecified atom stereocenters. The molecule has 0 bridgehead atoms. The molecule has 0 spiro atoms. The summed E-state index contributed by atoms with van der Waals surface area (Å²) in [6.07, 6.45) is 2.72. The molecular weight excluding hydrogens is 308 g/mol. The third-order valence-corrected chi connectivity index (χ3v) is 5.77. The van der Waals surface area contributed by atoms with Gasteiger partial charge in [-0.15, -0.1) is 0 Å². The Bertz CT molecular complexity index is 463. The van der Waals surface area contributed by atoms with E-state index in [1.54, 1.807) is 0 Å². The first kappa shape index (κ1) is 19.1. The van der Waals surface area contributed by atoms with Crippen molar-refractivity contribution in [1.82, 2.24) is 0 Å². The van der Waals surface area contributed by atoms with Gasteiger partial charge >= 0.3 is 0 Å². The van der Waals surface area contributed by atoms with Crippen LogP contribution < -0.4 is 0 Å². The number of rotatable bonds is 3. The highest BCUT2D eigenvalue weighted by Gasteiger charge is 2.51. The lowest BCUT2D eigenvalue weighted by Crippen LogP contribution is -2.54. The van der Waals surface area contributed by atoms with Crippen molar-refractivity contribution in [3.8, 4) is 0 Å². The second-order valence-corrected chi connectivity index (χ2v) is 13.8. The second kappa shape index (κ2) is 6.26. The van der Waals surface area contributed by atoms with Gasteiger partial charge in [0.2, 0.25) is 0 Å². The van der Waals surface area contributed by atoms with Crippen LogP contribution in [-0.2, 0) is 9.16 Å². The quantitative estimate of drug-likeness (QED) is 0.611. The van der Waals surface area contributed by atoms with E-state index in [0.717, 1.165) is 18.4 Å². The maximum atomic E-state index is 10.2. The Morgan fingerprint density at radius 3 is 2.30 bits per heavy atom. The summed E-state index contributed by atoms with van der Waals surface area (Å²) in [5.74, 6) is 0. The number of hydrogen-bond acceptors (Lipinski definition) is 4. The molecule has 2 aliphatic rings. The Morgan fingerprint density at radius 2 is 1.78 bits per heavy atom. The Balaban J connectivity index is 2.35. The molecule has 134 valence electrons. The largest absolute Gasteiger partial charge is 0.411 e. The van der Waals surface area contributed by atoms with Crippen LogP contribution in [0.3, 0.4) is 0 Å². The molecule has 1 saturated carbocycles. The Labute approximate surface area is 142 Å². The second-order valence-electron chi connectivity index (χ2n) is 9.32. The molecule has 0 aliphatic heterocycles. The van der Waals surface area contributed by atoms with E-state index >= 15 is 0 Å². The summed E-state index contributed by atoms with van der Waals surface area (Å²) < 4.78 is 12.7. The molecule has 5 heteroatoms. The maximum Gasteiger partial charge on any atom is 0.184 e. The van der Waals surface area contributed by atoms with Gasteiger partial charge in [0, 0.05) is 5.41 Å². The molecule has 2 aliphatic carbocycles. The zero-order valence-electron chi connectivity index (χ0n) is 15.7. The minimum absolute atomic E-state index is 0.0358. The van der Waals surface area contributed by atoms with E-state index in [1.807, 2.05) is 6.08 Å². The summed E-state index contributed by atoms with van der Waals surface area (Å²) >= 11 is 0. The van der Waals surface area contributed by atoms with E-state index in [2.05, 4.69) is 47.3 Å². The first-order chi connectivity index (χ1) is 10.3. The van der Waals surface area contributed by atoms with Gasteiger partial charge in [-0.25, -0.2) is 0 Å². The zero-order chi connectivity index (χ0) is 17.6. The van der Waals surface area contributed by atoms with Gasteiger partial charge in [0.05, 0.1) is 30.0 Å². The summed E-state index contributed by atoms with van der Waals surface area (Å²) in [5, 5.41) is 20.4. The van der Waals surface area contributed by atoms with Crippen LogP contribution >= 0.6 is 0 Å². The Morgan fingerprint density at radius 1 is 1.17 bits per heavy atom. The topological polar surface area (TPSA) is 58.9 Å². The SMILES string of the molecule is CC(C)(C)O[C@H]1CC[C@@H](O[Si](C)(C)C)C2=C[C@@H](O)[C@H](O)C[C@@]21C. The minimum Gasteiger partial charge on any atom is -0.411 e. The van der Waals surface area contributed by atoms with Gasteiger partial charge in [-0.2, -0.15) is 0 Å². The van der Waals surface area contributed by atoms with E-state index in [9.17, 15) is 10.2 Å². The lowest BCUT2D eigenvalue weighted by Gasteiger charge is -2.52. The average Bonchev–Trinajstić information content (AvgIpc) is 2.33. The smallest absolute Gasteiger partial charge is 0.184 e. The molecule has 0 heterocycles. The van der Waals surface area contributed by atoms with E-state index in [-0.39, 0.29) is 23.2 Å². The predicted octanol–water partition coefficient (Wildman–Crippen LogP) is 3.24. The van der Waals surface area contributed by atoms with Crippen molar-refractivity contribution >= 4 is 8.32 Å². The molecule has 5 atom stereocenters. The Kier molecular flexibility index (Phi) is 5.21. The highest BCUT2D eigenvalue weighted by atomic mass is 28.4. The van der Waals surface area contributed by atoms with Crippen LogP contribution in [0.25, 0.3) is 0 Å². The fourth-order valence-corrected chi connectivity index (χ4v) is 4.99. The molecule has 2 N–H and O–H groups in total. The van der Waals surface area contributed by atoms with Crippen molar-refractivity contribution in [3.05, 3.63) is 11.6 Å². The molecule has 0 saturated heterocycles. The lowest BCUT2D eigenvalue weighted by molar-refractivity contribution is -0.141. The molecule has 0 aromatic rings. The normalized spacial score (nSPS) is 38.9. The van der Waals surface area contributed by atoms with Crippen LogP contribution in [-0.4, -0.2) is 48.5 Å². The number of ether oxygens (including phenoxy) is 1. The third-order valence-electron chi connectivity index (χ3n) is 4.78. The summed E-state index contributed by atoms with van der Waals surface area (Å²) in [6, 6.07) is 0. The van der Waals surface area contributed by atoms with Gasteiger partial charge in [-0.05, 0) is 65.2 Å². The number of aliphatic hydroxyl groups is 2. The summed E-state index contributed by atoms with van der Waals surface area (Å²) in [5.41, 5.74) is 0.610. The fourth-order valence-electron chi connectivity index (χ4n) is 3.89. The monoisotopic (exact) mass is 342 g/mol. The molecule has 0 radical (unpaired) electrons. The van der Waals surface area contributed by atoms with Crippen LogP contribution in [0.15, 0.2) is 11.6 Å². The standard InChI is InChI=1S/C18H34O4Si/c1-17(2,3)21-16-9-8-15(22-23(5,6)7)12-10-13(19)14(20)11-18(12,16)4/h10,13-16,19-20H,8-9,11H2,1-7H3/t13-,14-,15-,16+,18+/m1/s1. The van der Waals surface area contributed by atoms with Crippen molar-refractivity contribution in [2.75, 3.05) is 0 Å². The van der Waals surface area contributed by atoms with Gasteiger partial charge in [-0.3, -0.25) is 0 Å². The van der Waals surface area contributed by atoms with Gasteiger partial charge in [0.15, 0.2) is 8.32 Å². The van der Waals surface area contributed by atoms with E-state index < -0.39 is 20.5 Å². The first-order valence-corrected chi connectivity index (χ1v) is 12.2. The number of aliphatic hydroxyl groups excluding tert-OH is 2. The minimum atomic E-state index is -1.69. The van der Waals surface area contributed by atoms with Crippen molar-refractivity contribution in [1.29, 1.82) is 0 Å². The summed E-state index contributed by atoms with van der Waals surface area (Å²) in [6.45, 7) is 14.9. The number of fused-ring (bicyclic) bond motifs is 1. The van der Waals surface area contributed by atoms with Crippen molar-refractivity contribution in [2.45, 2.75) is 96.6 Å². The zero-order valence-corrected chi connectivity index (χ0v) is 16.7. The van der Waals surface area contributed by atoms with Gasteiger partial charge in [0.1, 0.15) is 0 Å². The molecule has 0 aromatic heterocycles. The van der Waals surface area contributed by atoms with Gasteiger partial charge in [-0.1, -0.05) is 13.0 Å². The van der Waals surface area contributed by atoms with Crippen molar-refractivity contribution in [3.63, 3.8) is 0 Å². The van der Waals surface area contributed by atoms with Crippen molar-refractivity contribution < 1.29 is 19.4 Å². The number of hydrogen-bond donors (Lipinski definition) is 2. The third kappa shape index (κ3) is 4.45. The highest BCUT2D eigenvalue weighted by molar-refractivity contribution is 6.69. The summed E-state index contributed by atoms with van der Waals surface area (Å²) in [7, 11) is -1.69. The van der Waals surface area contributed by atoms with Crippen LogP contribution in [0.5, 0.6) is 0 Å². The summed E-state index contributed by atoms with van der Waals surface area (Å²) in [4.78, 5) is 0. The van der Waals surface area contributed by atoms with Crippen molar-refractivity contribution in [2.24, 2.45) is 5.41 Å². The van der Waals surface area contributed by atoms with Crippen LogP contribution in [0, 0.1) is 5.41 Å². The van der Waals surface area contributed by atoms with Gasteiger partial charge in [0.25, 0.3) is 0 Å². The molecule has 1 fully saturated rings. The van der Waals surface area contributed by atoms with Crippen LogP contribution in [0.4, 0.5) is 0 Å². The van der Waals surface area contributed by atoms with Gasteiger partial charge < -0.3 is 19.4 Å². The fraction of sp³-hybridized carbons (Fsp3) is 0.889. The van der Waals surface area contributed by atoms with E-state index in [0.29, 0.717) is 6.42 Å². The average molecular weight is 343 g/mol. The lowest BCUT2D eigenvalue weighted by atomic mass is 9.62. The molecular formula is C18H34O4Si. The van der Waals surface area contributed by atoms with E-state index in [1.165, 1.54) is 0 Å². The molecule has 0 aromatic carbocycles. The molecule has 4 nitrogen and oxygen atoms in total. The van der Waals surface area contributed by atoms with E-state index in [4.69, 9.17) is 9.16 Å². The molecule has 23 heavy (non-hydrogen) atoms. The van der Waals surface area contributed by atoms with Crippen LogP contribution in [0.1, 0.15) is 47.0 Å². The highest BCUT2D eigenvalue weighted by Crippen LogP contribution is 2.50. The van der Waals surface area contributed by atoms with Crippen LogP contribution in [0.2, 0.25) is 19.6 Å². The molecule has 2 rings (SSSR count). The first-order valence-electron chi connectivity index (χ1n) is 8.76. The maximum absolute atomic E-state index is 10.2. The Hall–Kier alpha value is -0.203. The molecule has 0 amide bonds.